The van der Waals surface area contributed by atoms with Gasteiger partial charge in [-0.15, -0.1) is 0 Å². The van der Waals surface area contributed by atoms with Crippen LogP contribution in [0, 0.1) is 0 Å². The van der Waals surface area contributed by atoms with E-state index in [1.807, 2.05) is 0 Å². The zero-order valence-corrected chi connectivity index (χ0v) is 21.6. The van der Waals surface area contributed by atoms with Crippen LogP contribution in [0.5, 0.6) is 0 Å². The van der Waals surface area contributed by atoms with Gasteiger partial charge in [0.15, 0.2) is 0 Å². The molecular weight excluding hydrogens is 448 g/mol. The number of nitrogens with zero attached hydrogens (tertiary/aromatic N) is 2. The van der Waals surface area contributed by atoms with Crippen molar-refractivity contribution in [1.82, 2.24) is 0 Å². The van der Waals surface area contributed by atoms with Gasteiger partial charge < -0.3 is 9.80 Å². The lowest BCUT2D eigenvalue weighted by Crippen LogP contribution is -2.26. The molecule has 2 aliphatic rings. The van der Waals surface area contributed by atoms with Crippen LogP contribution in [-0.4, -0.2) is 21.1 Å². The molecule has 37 heavy (non-hydrogen) atoms. The summed E-state index contributed by atoms with van der Waals surface area (Å²) in [7, 11) is 6.42. The molecule has 180 valence electrons. The first-order valence-electron chi connectivity index (χ1n) is 13.0. The van der Waals surface area contributed by atoms with Gasteiger partial charge in [-0.3, -0.25) is 0 Å². The van der Waals surface area contributed by atoms with Gasteiger partial charge in [-0.05, 0) is 62.7 Å². The third-order valence-electron chi connectivity index (χ3n) is 8.26. The molecule has 0 amide bonds. The molecule has 7 rings (SSSR count). The summed E-state index contributed by atoms with van der Waals surface area (Å²) in [4.78, 5) is 4.58. The van der Waals surface area contributed by atoms with E-state index in [-0.39, 0.29) is 5.41 Å². The Bertz CT molecular complexity index is 1620. The minimum Gasteiger partial charge on any atom is -0.378 e. The minimum absolute atomic E-state index is 0.291. The van der Waals surface area contributed by atoms with Gasteiger partial charge in [0.25, 0.3) is 0 Å². The second-order valence-electron chi connectivity index (χ2n) is 10.5. The highest BCUT2D eigenvalue weighted by Gasteiger charge is 2.52. The van der Waals surface area contributed by atoms with Crippen molar-refractivity contribution in [1.29, 1.82) is 0 Å². The average Bonchev–Trinajstić information content (AvgIpc) is 3.41. The number of hydrogen-bond acceptors (Lipinski definition) is 2. The monoisotopic (exact) mass is 478 g/mol. The van der Waals surface area contributed by atoms with Crippen LogP contribution >= 0.6 is 0 Å². The van der Waals surface area contributed by atoms with Crippen LogP contribution < -0.4 is 9.80 Å². The summed E-state index contributed by atoms with van der Waals surface area (Å²) in [5.74, 6) is 0. The molecule has 0 N–H and O–H groups in total. The first kappa shape index (κ1) is 21.9. The lowest BCUT2D eigenvalue weighted by Gasteiger charge is -2.31. The Morgan fingerprint density at radius 1 is 0.541 bits per heavy atom. The van der Waals surface area contributed by atoms with Gasteiger partial charge >= 0.3 is 0 Å². The molecule has 2 heteroatoms. The molecular formula is C35H30N2. The van der Waals surface area contributed by atoms with Crippen LogP contribution in [0.25, 0.3) is 22.3 Å². The van der Waals surface area contributed by atoms with Crippen molar-refractivity contribution in [3.8, 4) is 22.3 Å². The largest absolute Gasteiger partial charge is 0.378 e. The fourth-order valence-electron chi connectivity index (χ4n) is 6.73. The lowest BCUT2D eigenvalue weighted by molar-refractivity contribution is 0.793. The van der Waals surface area contributed by atoms with E-state index in [1.165, 1.54) is 61.4 Å². The van der Waals surface area contributed by atoms with E-state index >= 15 is 0 Å². The molecule has 0 aromatic heterocycles. The Morgan fingerprint density at radius 2 is 1.08 bits per heavy atom. The fraction of sp³-hybridized carbons (Fsp3) is 0.143. The summed E-state index contributed by atoms with van der Waals surface area (Å²) in [6.07, 6.45) is 0. The van der Waals surface area contributed by atoms with Gasteiger partial charge in [0.2, 0.25) is 0 Å². The molecule has 0 radical (unpaired) electrons. The summed E-state index contributed by atoms with van der Waals surface area (Å²) >= 11 is 0. The van der Waals surface area contributed by atoms with Crippen molar-refractivity contribution in [2.24, 2.45) is 0 Å². The van der Waals surface area contributed by atoms with Crippen LogP contribution in [0.15, 0.2) is 115 Å². The third-order valence-corrected chi connectivity index (χ3v) is 8.26. The van der Waals surface area contributed by atoms with Crippen LogP contribution in [-0.2, 0) is 12.0 Å². The van der Waals surface area contributed by atoms with Gasteiger partial charge in [0.1, 0.15) is 0 Å². The van der Waals surface area contributed by atoms with E-state index in [1.54, 1.807) is 0 Å². The Labute approximate surface area is 219 Å². The molecule has 2 aliphatic carbocycles. The average molecular weight is 479 g/mol. The van der Waals surface area contributed by atoms with E-state index < -0.39 is 0 Å². The summed E-state index contributed by atoms with van der Waals surface area (Å²) in [6, 6.07) is 42.8. The first-order chi connectivity index (χ1) is 18.1. The summed E-state index contributed by atoms with van der Waals surface area (Å²) in [5.41, 5.74) is 14.5. The fourth-order valence-corrected chi connectivity index (χ4v) is 6.73. The predicted molar refractivity (Wildman–Crippen MR) is 156 cm³/mol. The number of hydrogen-bond donors (Lipinski definition) is 0. The van der Waals surface area contributed by atoms with Gasteiger partial charge in [-0.2, -0.15) is 0 Å². The van der Waals surface area contributed by atoms with Gasteiger partial charge in [-0.25, -0.2) is 0 Å². The molecule has 0 bridgehead atoms. The molecule has 0 fully saturated rings. The highest BCUT2D eigenvalue weighted by Crippen LogP contribution is 2.63. The van der Waals surface area contributed by atoms with E-state index in [2.05, 4.69) is 146 Å². The van der Waals surface area contributed by atoms with Crippen molar-refractivity contribution < 1.29 is 0 Å². The first-order valence-corrected chi connectivity index (χ1v) is 13.0. The van der Waals surface area contributed by atoms with Crippen LogP contribution in [0.2, 0.25) is 0 Å². The summed E-state index contributed by atoms with van der Waals surface area (Å²) < 4.78 is 0. The third kappa shape index (κ3) is 2.99. The normalized spacial score (nSPS) is 13.6. The molecule has 0 aliphatic heterocycles. The molecule has 5 aromatic rings. The molecule has 0 atom stereocenters. The SMILES string of the molecule is CN(C)c1cccc(CN(C)c2cccc3c2-c2ccccc2C32c3ccccc3-c3ccccc32)c1. The Morgan fingerprint density at radius 3 is 1.73 bits per heavy atom. The lowest BCUT2D eigenvalue weighted by atomic mass is 9.70. The van der Waals surface area contributed by atoms with Crippen LogP contribution in [0.4, 0.5) is 11.4 Å². The second kappa shape index (κ2) is 8.11. The minimum atomic E-state index is -0.291. The standard InChI is InChI=1S/C35H30N2/c1-36(2)25-13-10-12-24(22-25)23-37(3)33-21-11-20-32-34(33)28-16-6-9-19-31(28)35(32)29-17-7-4-14-26(29)27-15-5-8-18-30(27)35/h4-22H,23H2,1-3H3. The highest BCUT2D eigenvalue weighted by atomic mass is 15.1. The van der Waals surface area contributed by atoms with E-state index in [0.29, 0.717) is 0 Å². The van der Waals surface area contributed by atoms with Gasteiger partial charge in [0.05, 0.1) is 5.41 Å². The molecule has 1 spiro atoms. The Kier molecular flexibility index (Phi) is 4.81. The summed E-state index contributed by atoms with van der Waals surface area (Å²) in [5, 5.41) is 0. The maximum Gasteiger partial charge on any atom is 0.0726 e. The zero-order valence-electron chi connectivity index (χ0n) is 21.6. The smallest absolute Gasteiger partial charge is 0.0726 e. The molecule has 2 nitrogen and oxygen atoms in total. The molecule has 0 heterocycles. The van der Waals surface area contributed by atoms with Crippen molar-refractivity contribution in [2.45, 2.75) is 12.0 Å². The number of fused-ring (bicyclic) bond motifs is 10. The molecule has 5 aromatic carbocycles. The quantitative estimate of drug-likeness (QED) is 0.255. The molecule has 0 unspecified atom stereocenters. The van der Waals surface area contributed by atoms with Gasteiger partial charge in [0, 0.05) is 44.6 Å². The van der Waals surface area contributed by atoms with E-state index in [4.69, 9.17) is 0 Å². The second-order valence-corrected chi connectivity index (χ2v) is 10.5. The number of benzene rings is 5. The van der Waals surface area contributed by atoms with E-state index in [0.717, 1.165) is 6.54 Å². The van der Waals surface area contributed by atoms with Crippen molar-refractivity contribution in [2.75, 3.05) is 30.9 Å². The maximum atomic E-state index is 2.41. The van der Waals surface area contributed by atoms with E-state index in [9.17, 15) is 0 Å². The topological polar surface area (TPSA) is 6.48 Å². The number of rotatable bonds is 4. The van der Waals surface area contributed by atoms with Crippen molar-refractivity contribution >= 4 is 11.4 Å². The Hall–Kier alpha value is -4.30. The highest BCUT2D eigenvalue weighted by molar-refractivity contribution is 5.98. The zero-order chi connectivity index (χ0) is 25.1. The van der Waals surface area contributed by atoms with Crippen LogP contribution in [0.1, 0.15) is 27.8 Å². The van der Waals surface area contributed by atoms with Crippen molar-refractivity contribution in [3.05, 3.63) is 143 Å². The predicted octanol–water partition coefficient (Wildman–Crippen LogP) is 7.73. The van der Waals surface area contributed by atoms with Gasteiger partial charge in [-0.1, -0.05) is 97.1 Å². The number of anilines is 2. The van der Waals surface area contributed by atoms with Crippen LogP contribution in [0.3, 0.4) is 0 Å². The molecule has 0 saturated heterocycles. The van der Waals surface area contributed by atoms with Crippen molar-refractivity contribution in [3.63, 3.8) is 0 Å². The Balaban J connectivity index is 1.46. The summed E-state index contributed by atoms with van der Waals surface area (Å²) in [6.45, 7) is 0.848. The maximum absolute atomic E-state index is 2.41. The molecule has 0 saturated carbocycles.